The Labute approximate surface area is 151 Å². The maximum absolute atomic E-state index is 4.46. The maximum Gasteiger partial charge on any atom is 0.0642 e. The Kier molecular flexibility index (Phi) is 8.57. The normalized spacial score (nSPS) is 22.9. The third-order valence-corrected chi connectivity index (χ3v) is 6.39. The number of unbranched alkanes of at least 4 members (excludes halogenated alkanes) is 2. The van der Waals surface area contributed by atoms with Crippen LogP contribution in [0.1, 0.15) is 83.0 Å². The summed E-state index contributed by atoms with van der Waals surface area (Å²) in [5.41, 5.74) is 2.29. The second-order valence-electron chi connectivity index (χ2n) is 7.26. The smallest absolute Gasteiger partial charge is 0.0642 e. The summed E-state index contributed by atoms with van der Waals surface area (Å²) in [6, 6.07) is 4.36. The van der Waals surface area contributed by atoms with Crippen LogP contribution in [0.3, 0.4) is 0 Å². The van der Waals surface area contributed by atoms with Crippen LogP contribution in [0.4, 0.5) is 0 Å². The van der Waals surface area contributed by atoms with Crippen molar-refractivity contribution < 1.29 is 0 Å². The third-order valence-electron chi connectivity index (χ3n) is 5.32. The molecular weight excluding hydrogens is 348 g/mol. The van der Waals surface area contributed by atoms with Gasteiger partial charge in [0.2, 0.25) is 0 Å². The fourth-order valence-corrected chi connectivity index (χ4v) is 4.66. The minimum atomic E-state index is 0.560. The highest BCUT2D eigenvalue weighted by molar-refractivity contribution is 9.09. The van der Waals surface area contributed by atoms with Crippen molar-refractivity contribution in [1.29, 1.82) is 0 Å². The van der Waals surface area contributed by atoms with Crippen LogP contribution in [-0.4, -0.2) is 15.0 Å². The average Bonchev–Trinajstić information content (AvgIpc) is 2.57. The first kappa shape index (κ1) is 18.9. The second kappa shape index (κ2) is 10.4. The van der Waals surface area contributed by atoms with Gasteiger partial charge in [-0.2, -0.15) is 10.2 Å². The first-order valence-corrected chi connectivity index (χ1v) is 10.6. The van der Waals surface area contributed by atoms with E-state index in [2.05, 4.69) is 52.1 Å². The number of hydrogen-bond acceptors (Lipinski definition) is 2. The van der Waals surface area contributed by atoms with E-state index < -0.39 is 0 Å². The van der Waals surface area contributed by atoms with Crippen LogP contribution in [0, 0.1) is 11.8 Å². The average molecular weight is 381 g/mol. The van der Waals surface area contributed by atoms with Gasteiger partial charge in [0.25, 0.3) is 0 Å². The zero-order valence-corrected chi connectivity index (χ0v) is 16.5. The Morgan fingerprint density at radius 1 is 1.00 bits per heavy atom. The SMILES string of the molecule is CCCCCc1ccc(CC(Br)[C@H]2CC[C@H](CCC)CC2)nn1. The Bertz CT molecular complexity index is 424. The van der Waals surface area contributed by atoms with E-state index in [9.17, 15) is 0 Å². The van der Waals surface area contributed by atoms with Crippen molar-refractivity contribution in [3.8, 4) is 0 Å². The summed E-state index contributed by atoms with van der Waals surface area (Å²) >= 11 is 3.94. The van der Waals surface area contributed by atoms with E-state index in [1.807, 2.05) is 0 Å². The number of rotatable bonds is 9. The molecule has 1 aliphatic carbocycles. The predicted octanol–water partition coefficient (Wildman–Crippen LogP) is 6.12. The summed E-state index contributed by atoms with van der Waals surface area (Å²) in [7, 11) is 0. The van der Waals surface area contributed by atoms with Crippen LogP contribution in [0.25, 0.3) is 0 Å². The molecule has 1 unspecified atom stereocenters. The van der Waals surface area contributed by atoms with Gasteiger partial charge in [0.1, 0.15) is 0 Å². The van der Waals surface area contributed by atoms with Crippen molar-refractivity contribution in [2.24, 2.45) is 11.8 Å². The van der Waals surface area contributed by atoms with Gasteiger partial charge in [-0.25, -0.2) is 0 Å². The fourth-order valence-electron chi connectivity index (χ4n) is 3.80. The molecule has 2 nitrogen and oxygen atoms in total. The van der Waals surface area contributed by atoms with Gasteiger partial charge in [0.05, 0.1) is 11.4 Å². The molecule has 0 bridgehead atoms. The molecule has 1 aromatic rings. The summed E-state index contributed by atoms with van der Waals surface area (Å²) in [4.78, 5) is 0.560. The van der Waals surface area contributed by atoms with Gasteiger partial charge in [-0.3, -0.25) is 0 Å². The molecule has 0 aliphatic heterocycles. The highest BCUT2D eigenvalue weighted by atomic mass is 79.9. The molecule has 0 N–H and O–H groups in total. The van der Waals surface area contributed by atoms with Crippen LogP contribution >= 0.6 is 15.9 Å². The van der Waals surface area contributed by atoms with Crippen LogP contribution < -0.4 is 0 Å². The van der Waals surface area contributed by atoms with Crippen molar-refractivity contribution in [1.82, 2.24) is 10.2 Å². The van der Waals surface area contributed by atoms with Gasteiger partial charge in [0, 0.05) is 11.2 Å². The largest absolute Gasteiger partial charge is 0.155 e. The number of hydrogen-bond donors (Lipinski definition) is 0. The quantitative estimate of drug-likeness (QED) is 0.380. The van der Waals surface area contributed by atoms with E-state index in [4.69, 9.17) is 0 Å². The van der Waals surface area contributed by atoms with Crippen molar-refractivity contribution in [2.45, 2.75) is 89.3 Å². The lowest BCUT2D eigenvalue weighted by Crippen LogP contribution is -2.23. The van der Waals surface area contributed by atoms with Gasteiger partial charge < -0.3 is 0 Å². The van der Waals surface area contributed by atoms with E-state index >= 15 is 0 Å². The van der Waals surface area contributed by atoms with Crippen molar-refractivity contribution in [2.75, 3.05) is 0 Å². The molecule has 1 aliphatic rings. The van der Waals surface area contributed by atoms with Crippen molar-refractivity contribution >= 4 is 15.9 Å². The molecule has 23 heavy (non-hydrogen) atoms. The fraction of sp³-hybridized carbons (Fsp3) is 0.800. The number of aromatic nitrogens is 2. The molecule has 0 radical (unpaired) electrons. The predicted molar refractivity (Wildman–Crippen MR) is 102 cm³/mol. The molecule has 0 saturated heterocycles. The summed E-state index contributed by atoms with van der Waals surface area (Å²) in [6.07, 6.45) is 14.2. The summed E-state index contributed by atoms with van der Waals surface area (Å²) < 4.78 is 0. The van der Waals surface area contributed by atoms with Crippen molar-refractivity contribution in [3.63, 3.8) is 0 Å². The minimum Gasteiger partial charge on any atom is -0.155 e. The Morgan fingerprint density at radius 3 is 2.30 bits per heavy atom. The lowest BCUT2D eigenvalue weighted by atomic mass is 9.78. The van der Waals surface area contributed by atoms with Crippen LogP contribution in [0.2, 0.25) is 0 Å². The van der Waals surface area contributed by atoms with E-state index in [0.717, 1.165) is 36.1 Å². The molecule has 0 amide bonds. The van der Waals surface area contributed by atoms with Gasteiger partial charge in [-0.05, 0) is 49.7 Å². The first-order valence-electron chi connectivity index (χ1n) is 9.68. The summed E-state index contributed by atoms with van der Waals surface area (Å²) in [5.74, 6) is 1.80. The highest BCUT2D eigenvalue weighted by Crippen LogP contribution is 2.36. The molecule has 3 heteroatoms. The second-order valence-corrected chi connectivity index (χ2v) is 8.44. The van der Waals surface area contributed by atoms with E-state index in [1.54, 1.807) is 0 Å². The monoisotopic (exact) mass is 380 g/mol. The topological polar surface area (TPSA) is 25.8 Å². The van der Waals surface area contributed by atoms with Gasteiger partial charge in [-0.15, -0.1) is 0 Å². The highest BCUT2D eigenvalue weighted by Gasteiger charge is 2.26. The zero-order chi connectivity index (χ0) is 16.5. The Balaban J connectivity index is 1.75. The summed E-state index contributed by atoms with van der Waals surface area (Å²) in [6.45, 7) is 4.55. The molecule has 1 heterocycles. The minimum absolute atomic E-state index is 0.560. The molecular formula is C20H33BrN2. The van der Waals surface area contributed by atoms with E-state index in [1.165, 1.54) is 57.8 Å². The van der Waals surface area contributed by atoms with Gasteiger partial charge in [-0.1, -0.05) is 68.3 Å². The lowest BCUT2D eigenvalue weighted by Gasteiger charge is -2.31. The maximum atomic E-state index is 4.46. The number of nitrogens with zero attached hydrogens (tertiary/aromatic N) is 2. The standard InChI is InChI=1S/C20H33BrN2/c1-3-5-6-8-18-13-14-19(23-22-18)15-20(21)17-11-9-16(7-4-2)10-12-17/h13-14,16-17,20H,3-12,15H2,1-2H3/t16-,17-,20?. The molecule has 2 rings (SSSR count). The molecule has 1 saturated carbocycles. The molecule has 0 spiro atoms. The first-order chi connectivity index (χ1) is 11.2. The number of aryl methyl sites for hydroxylation is 1. The van der Waals surface area contributed by atoms with Crippen LogP contribution in [0.5, 0.6) is 0 Å². The Hall–Kier alpha value is -0.440. The third kappa shape index (κ3) is 6.52. The van der Waals surface area contributed by atoms with E-state index in [0.29, 0.717) is 4.83 Å². The molecule has 1 aromatic heterocycles. The number of alkyl halides is 1. The molecule has 1 atom stereocenters. The van der Waals surface area contributed by atoms with Crippen LogP contribution in [0.15, 0.2) is 12.1 Å². The molecule has 130 valence electrons. The van der Waals surface area contributed by atoms with Gasteiger partial charge in [0.15, 0.2) is 0 Å². The Morgan fingerprint density at radius 2 is 1.70 bits per heavy atom. The lowest BCUT2D eigenvalue weighted by molar-refractivity contribution is 0.258. The van der Waals surface area contributed by atoms with Crippen LogP contribution in [-0.2, 0) is 12.8 Å². The zero-order valence-electron chi connectivity index (χ0n) is 14.9. The van der Waals surface area contributed by atoms with Gasteiger partial charge >= 0.3 is 0 Å². The molecule has 0 aromatic carbocycles. The van der Waals surface area contributed by atoms with E-state index in [-0.39, 0.29) is 0 Å². The summed E-state index contributed by atoms with van der Waals surface area (Å²) in [5, 5.41) is 8.87. The number of halogens is 1. The van der Waals surface area contributed by atoms with Crippen molar-refractivity contribution in [3.05, 3.63) is 23.5 Å². The molecule has 1 fully saturated rings.